The summed E-state index contributed by atoms with van der Waals surface area (Å²) in [6.07, 6.45) is 4.44. The molecular formula is C11H22N2O. The van der Waals surface area contributed by atoms with Crippen LogP contribution >= 0.6 is 0 Å². The lowest BCUT2D eigenvalue weighted by Crippen LogP contribution is -2.35. The molecule has 0 spiro atoms. The van der Waals surface area contributed by atoms with Crippen LogP contribution in [0.4, 0.5) is 0 Å². The van der Waals surface area contributed by atoms with Gasteiger partial charge < -0.3 is 15.4 Å². The van der Waals surface area contributed by atoms with Crippen LogP contribution in [0.3, 0.4) is 0 Å². The van der Waals surface area contributed by atoms with Crippen molar-refractivity contribution >= 4 is 0 Å². The summed E-state index contributed by atoms with van der Waals surface area (Å²) in [6.45, 7) is 6.43. The van der Waals surface area contributed by atoms with Gasteiger partial charge in [-0.3, -0.25) is 0 Å². The molecule has 14 heavy (non-hydrogen) atoms. The van der Waals surface area contributed by atoms with Gasteiger partial charge in [-0.1, -0.05) is 6.92 Å². The monoisotopic (exact) mass is 198 g/mol. The van der Waals surface area contributed by atoms with Crippen LogP contribution in [0.25, 0.3) is 0 Å². The molecule has 0 amide bonds. The number of ether oxygens (including phenoxy) is 1. The summed E-state index contributed by atoms with van der Waals surface area (Å²) in [6, 6.07) is 0.832. The van der Waals surface area contributed by atoms with Gasteiger partial charge in [0.05, 0.1) is 6.10 Å². The maximum absolute atomic E-state index is 5.62. The number of hydrogen-bond donors (Lipinski definition) is 2. The van der Waals surface area contributed by atoms with Crippen molar-refractivity contribution in [2.75, 3.05) is 26.2 Å². The van der Waals surface area contributed by atoms with Gasteiger partial charge in [-0.2, -0.15) is 0 Å². The molecule has 2 fully saturated rings. The van der Waals surface area contributed by atoms with E-state index in [0.29, 0.717) is 6.10 Å². The van der Waals surface area contributed by atoms with Crippen molar-refractivity contribution in [3.05, 3.63) is 0 Å². The summed E-state index contributed by atoms with van der Waals surface area (Å²) in [5, 5.41) is 6.94. The molecule has 1 aliphatic heterocycles. The normalized spacial score (nSPS) is 32.4. The van der Waals surface area contributed by atoms with Crippen LogP contribution in [0, 0.1) is 5.92 Å². The summed E-state index contributed by atoms with van der Waals surface area (Å²) in [5.74, 6) is 0.735. The Hall–Kier alpha value is -0.120. The van der Waals surface area contributed by atoms with E-state index in [1.807, 2.05) is 0 Å². The molecule has 0 bridgehead atoms. The zero-order chi connectivity index (χ0) is 9.80. The lowest BCUT2D eigenvalue weighted by Gasteiger charge is -2.15. The van der Waals surface area contributed by atoms with Crippen molar-refractivity contribution in [2.45, 2.75) is 38.3 Å². The van der Waals surface area contributed by atoms with Crippen LogP contribution < -0.4 is 10.6 Å². The molecular weight excluding hydrogens is 176 g/mol. The number of rotatable bonds is 6. The topological polar surface area (TPSA) is 33.3 Å². The molecule has 2 aliphatic rings. The summed E-state index contributed by atoms with van der Waals surface area (Å²) < 4.78 is 5.62. The van der Waals surface area contributed by atoms with Gasteiger partial charge in [0, 0.05) is 32.3 Å². The van der Waals surface area contributed by atoms with Crippen LogP contribution in [-0.4, -0.2) is 38.4 Å². The molecule has 1 saturated heterocycles. The second kappa shape index (κ2) is 5.10. The molecule has 2 atom stereocenters. The van der Waals surface area contributed by atoms with Crippen LogP contribution in [0.5, 0.6) is 0 Å². The lowest BCUT2D eigenvalue weighted by molar-refractivity contribution is 0.0936. The molecule has 0 aromatic rings. The minimum Gasteiger partial charge on any atom is -0.377 e. The largest absolute Gasteiger partial charge is 0.377 e. The fraction of sp³-hybridized carbons (Fsp3) is 1.00. The van der Waals surface area contributed by atoms with E-state index in [2.05, 4.69) is 17.6 Å². The van der Waals surface area contributed by atoms with E-state index < -0.39 is 0 Å². The Morgan fingerprint density at radius 1 is 1.21 bits per heavy atom. The standard InChI is InChI=1S/C11H22N2O/c1-9-4-7-14-11(9)8-12-5-6-13-10-2-3-10/h9-13H,2-8H2,1H3. The first-order chi connectivity index (χ1) is 6.86. The van der Waals surface area contributed by atoms with Crippen LogP contribution in [0.2, 0.25) is 0 Å². The van der Waals surface area contributed by atoms with E-state index in [9.17, 15) is 0 Å². The van der Waals surface area contributed by atoms with E-state index in [0.717, 1.165) is 38.2 Å². The van der Waals surface area contributed by atoms with Gasteiger partial charge in [-0.25, -0.2) is 0 Å². The van der Waals surface area contributed by atoms with Gasteiger partial charge in [0.25, 0.3) is 0 Å². The molecule has 0 aromatic carbocycles. The molecule has 1 saturated carbocycles. The minimum absolute atomic E-state index is 0.455. The second-order valence-corrected chi connectivity index (χ2v) is 4.61. The second-order valence-electron chi connectivity index (χ2n) is 4.61. The Morgan fingerprint density at radius 2 is 2.07 bits per heavy atom. The summed E-state index contributed by atoms with van der Waals surface area (Å²) in [7, 11) is 0. The molecule has 82 valence electrons. The van der Waals surface area contributed by atoms with Gasteiger partial charge in [-0.15, -0.1) is 0 Å². The summed E-state index contributed by atoms with van der Waals surface area (Å²) >= 11 is 0. The van der Waals surface area contributed by atoms with Crippen molar-refractivity contribution in [3.63, 3.8) is 0 Å². The maximum Gasteiger partial charge on any atom is 0.0725 e. The fourth-order valence-corrected chi connectivity index (χ4v) is 1.91. The van der Waals surface area contributed by atoms with Crippen molar-refractivity contribution in [2.24, 2.45) is 5.92 Å². The predicted octanol–water partition coefficient (Wildman–Crippen LogP) is 0.753. The highest BCUT2D eigenvalue weighted by Gasteiger charge is 2.23. The minimum atomic E-state index is 0.455. The first-order valence-electron chi connectivity index (χ1n) is 5.92. The Morgan fingerprint density at radius 3 is 2.71 bits per heavy atom. The lowest BCUT2D eigenvalue weighted by atomic mass is 10.0. The molecule has 0 radical (unpaired) electrons. The quantitative estimate of drug-likeness (QED) is 0.618. The number of nitrogens with one attached hydrogen (secondary N) is 2. The van der Waals surface area contributed by atoms with Crippen molar-refractivity contribution in [3.8, 4) is 0 Å². The molecule has 3 nitrogen and oxygen atoms in total. The Labute approximate surface area is 86.6 Å². The average molecular weight is 198 g/mol. The molecule has 2 unspecified atom stereocenters. The third-order valence-corrected chi connectivity index (χ3v) is 3.20. The van der Waals surface area contributed by atoms with E-state index in [-0.39, 0.29) is 0 Å². The van der Waals surface area contributed by atoms with E-state index in [4.69, 9.17) is 4.74 Å². The van der Waals surface area contributed by atoms with Crippen LogP contribution in [0.1, 0.15) is 26.2 Å². The molecule has 2 rings (SSSR count). The summed E-state index contributed by atoms with van der Waals surface area (Å²) in [4.78, 5) is 0. The van der Waals surface area contributed by atoms with Gasteiger partial charge in [-0.05, 0) is 25.2 Å². The van der Waals surface area contributed by atoms with Crippen molar-refractivity contribution in [1.29, 1.82) is 0 Å². The molecule has 2 N–H and O–H groups in total. The van der Waals surface area contributed by atoms with Crippen LogP contribution in [0.15, 0.2) is 0 Å². The first-order valence-corrected chi connectivity index (χ1v) is 5.92. The predicted molar refractivity (Wildman–Crippen MR) is 57.4 cm³/mol. The zero-order valence-electron chi connectivity index (χ0n) is 9.09. The van der Waals surface area contributed by atoms with Crippen molar-refractivity contribution < 1.29 is 4.74 Å². The fourth-order valence-electron chi connectivity index (χ4n) is 1.91. The SMILES string of the molecule is CC1CCOC1CNCCNC1CC1. The van der Waals surface area contributed by atoms with E-state index in [1.165, 1.54) is 19.3 Å². The maximum atomic E-state index is 5.62. The molecule has 3 heteroatoms. The molecule has 1 aliphatic carbocycles. The Balaban J connectivity index is 1.45. The smallest absolute Gasteiger partial charge is 0.0725 e. The Kier molecular flexibility index (Phi) is 3.79. The first kappa shape index (κ1) is 10.4. The zero-order valence-corrected chi connectivity index (χ0v) is 9.09. The van der Waals surface area contributed by atoms with Crippen molar-refractivity contribution in [1.82, 2.24) is 10.6 Å². The van der Waals surface area contributed by atoms with Crippen LogP contribution in [-0.2, 0) is 4.74 Å². The van der Waals surface area contributed by atoms with Gasteiger partial charge in [0.15, 0.2) is 0 Å². The molecule has 0 aromatic heterocycles. The third-order valence-electron chi connectivity index (χ3n) is 3.20. The van der Waals surface area contributed by atoms with Gasteiger partial charge in [0.1, 0.15) is 0 Å². The molecule has 1 heterocycles. The van der Waals surface area contributed by atoms with E-state index >= 15 is 0 Å². The van der Waals surface area contributed by atoms with Gasteiger partial charge >= 0.3 is 0 Å². The summed E-state index contributed by atoms with van der Waals surface area (Å²) in [5.41, 5.74) is 0. The number of hydrogen-bond acceptors (Lipinski definition) is 3. The average Bonchev–Trinajstić information content (AvgIpc) is 2.91. The van der Waals surface area contributed by atoms with Gasteiger partial charge in [0.2, 0.25) is 0 Å². The third kappa shape index (κ3) is 3.23. The highest BCUT2D eigenvalue weighted by atomic mass is 16.5. The Bertz CT molecular complexity index is 171. The highest BCUT2D eigenvalue weighted by molar-refractivity contribution is 4.81. The van der Waals surface area contributed by atoms with E-state index in [1.54, 1.807) is 0 Å². The highest BCUT2D eigenvalue weighted by Crippen LogP contribution is 2.19.